The summed E-state index contributed by atoms with van der Waals surface area (Å²) in [6, 6.07) is 1.95. The lowest BCUT2D eigenvalue weighted by molar-refractivity contribution is -0.132. The van der Waals surface area contributed by atoms with E-state index in [4.69, 9.17) is 11.6 Å². The van der Waals surface area contributed by atoms with E-state index in [2.05, 4.69) is 11.8 Å². The van der Waals surface area contributed by atoms with E-state index < -0.39 is 0 Å². The first-order valence-electron chi connectivity index (χ1n) is 6.42. The summed E-state index contributed by atoms with van der Waals surface area (Å²) >= 11 is 7.50. The van der Waals surface area contributed by atoms with Gasteiger partial charge in [-0.05, 0) is 19.0 Å². The first kappa shape index (κ1) is 13.8. The molecule has 5 heteroatoms. The molecule has 2 heterocycles. The molecule has 2 rings (SSSR count). The summed E-state index contributed by atoms with van der Waals surface area (Å²) in [6.45, 7) is 7.00. The molecule has 0 aliphatic carbocycles. The van der Waals surface area contributed by atoms with Crippen molar-refractivity contribution in [3.63, 3.8) is 0 Å². The van der Waals surface area contributed by atoms with Gasteiger partial charge in [0.25, 0.3) is 0 Å². The van der Waals surface area contributed by atoms with Gasteiger partial charge in [-0.25, -0.2) is 0 Å². The number of piperazine rings is 1. The number of rotatable bonds is 4. The smallest absolute Gasteiger partial charge is 0.223 e. The van der Waals surface area contributed by atoms with Crippen LogP contribution in [-0.2, 0) is 11.2 Å². The third kappa shape index (κ3) is 3.70. The van der Waals surface area contributed by atoms with Gasteiger partial charge in [0.1, 0.15) is 0 Å². The van der Waals surface area contributed by atoms with Crippen molar-refractivity contribution in [2.45, 2.75) is 19.8 Å². The summed E-state index contributed by atoms with van der Waals surface area (Å²) in [4.78, 5) is 17.6. The second-order valence-corrected chi connectivity index (χ2v) is 5.98. The van der Waals surface area contributed by atoms with Crippen molar-refractivity contribution in [1.29, 1.82) is 0 Å². The number of hydrogen-bond acceptors (Lipinski definition) is 3. The minimum absolute atomic E-state index is 0.273. The number of amides is 1. The van der Waals surface area contributed by atoms with Crippen molar-refractivity contribution in [3.05, 3.63) is 21.3 Å². The second-order valence-electron chi connectivity index (χ2n) is 4.55. The number of halogens is 1. The topological polar surface area (TPSA) is 23.6 Å². The monoisotopic (exact) mass is 286 g/mol. The van der Waals surface area contributed by atoms with Crippen molar-refractivity contribution >= 4 is 28.8 Å². The van der Waals surface area contributed by atoms with E-state index in [9.17, 15) is 4.79 Å². The highest BCUT2D eigenvalue weighted by Gasteiger charge is 2.19. The van der Waals surface area contributed by atoms with Crippen LogP contribution in [0, 0.1) is 0 Å². The predicted octanol–water partition coefficient (Wildman–Crippen LogP) is 2.50. The first-order chi connectivity index (χ1) is 8.69. The van der Waals surface area contributed by atoms with E-state index in [0.29, 0.717) is 6.42 Å². The highest BCUT2D eigenvalue weighted by Crippen LogP contribution is 2.20. The van der Waals surface area contributed by atoms with Gasteiger partial charge >= 0.3 is 0 Å². The lowest BCUT2D eigenvalue weighted by Gasteiger charge is -2.34. The molecule has 100 valence electrons. The van der Waals surface area contributed by atoms with Crippen LogP contribution in [0.3, 0.4) is 0 Å². The van der Waals surface area contributed by atoms with Crippen LogP contribution in [0.25, 0.3) is 0 Å². The zero-order chi connectivity index (χ0) is 13.0. The van der Waals surface area contributed by atoms with Crippen molar-refractivity contribution in [3.8, 4) is 0 Å². The van der Waals surface area contributed by atoms with Crippen LogP contribution in [0.1, 0.15) is 18.2 Å². The molecule has 1 aliphatic heterocycles. The summed E-state index contributed by atoms with van der Waals surface area (Å²) in [7, 11) is 0. The lowest BCUT2D eigenvalue weighted by atomic mass is 10.2. The fraction of sp³-hybridized carbons (Fsp3) is 0.615. The van der Waals surface area contributed by atoms with Gasteiger partial charge in [0.15, 0.2) is 0 Å². The average molecular weight is 287 g/mol. The Hall–Kier alpha value is -0.580. The zero-order valence-electron chi connectivity index (χ0n) is 10.7. The number of carbonyl (C=O) groups excluding carboxylic acids is 1. The van der Waals surface area contributed by atoms with E-state index in [1.54, 1.807) is 11.3 Å². The molecular weight excluding hydrogens is 268 g/mol. The Morgan fingerprint density at radius 2 is 2.11 bits per heavy atom. The molecule has 1 amide bonds. The van der Waals surface area contributed by atoms with Crippen LogP contribution in [0.15, 0.2) is 11.4 Å². The molecule has 0 aromatic carbocycles. The average Bonchev–Trinajstić information content (AvgIpc) is 2.82. The Labute approximate surface area is 117 Å². The molecule has 0 atom stereocenters. The van der Waals surface area contributed by atoms with Crippen molar-refractivity contribution in [2.24, 2.45) is 0 Å². The Bertz CT molecular complexity index is 399. The molecule has 0 saturated carbocycles. The fourth-order valence-corrected chi connectivity index (χ4v) is 3.26. The predicted molar refractivity (Wildman–Crippen MR) is 76.3 cm³/mol. The minimum Gasteiger partial charge on any atom is -0.340 e. The normalized spacial score (nSPS) is 17.1. The summed E-state index contributed by atoms with van der Waals surface area (Å²) < 4.78 is 0. The maximum absolute atomic E-state index is 12.1. The molecule has 3 nitrogen and oxygen atoms in total. The van der Waals surface area contributed by atoms with Crippen molar-refractivity contribution in [1.82, 2.24) is 9.80 Å². The first-order valence-corrected chi connectivity index (χ1v) is 7.68. The van der Waals surface area contributed by atoms with Gasteiger partial charge in [0.05, 0.1) is 5.02 Å². The second kappa shape index (κ2) is 6.55. The summed E-state index contributed by atoms with van der Waals surface area (Å²) in [5.74, 6) is 0.273. The van der Waals surface area contributed by atoms with Gasteiger partial charge in [-0.15, -0.1) is 11.3 Å². The molecule has 1 fully saturated rings. The minimum atomic E-state index is 0.273. The standard InChI is InChI=1S/C13H19ClN2OS/c1-2-15-5-7-16(8-6-15)13(17)4-3-12-9-11(14)10-18-12/h9-10H,2-8H2,1H3. The van der Waals surface area contributed by atoms with Crippen LogP contribution >= 0.6 is 22.9 Å². The SMILES string of the molecule is CCN1CCN(C(=O)CCc2cc(Cl)cs2)CC1. The largest absolute Gasteiger partial charge is 0.340 e. The van der Waals surface area contributed by atoms with Crippen molar-refractivity contribution in [2.75, 3.05) is 32.7 Å². The lowest BCUT2D eigenvalue weighted by Crippen LogP contribution is -2.48. The molecule has 0 unspecified atom stereocenters. The fourth-order valence-electron chi connectivity index (χ4n) is 2.19. The van der Waals surface area contributed by atoms with E-state index >= 15 is 0 Å². The van der Waals surface area contributed by atoms with Gasteiger partial charge < -0.3 is 9.80 Å². The van der Waals surface area contributed by atoms with Crippen LogP contribution in [0.4, 0.5) is 0 Å². The Morgan fingerprint density at radius 3 is 2.67 bits per heavy atom. The molecule has 0 spiro atoms. The molecule has 1 saturated heterocycles. The van der Waals surface area contributed by atoms with Crippen LogP contribution in [-0.4, -0.2) is 48.4 Å². The van der Waals surface area contributed by atoms with Crippen molar-refractivity contribution < 1.29 is 4.79 Å². The Balaban J connectivity index is 1.75. The van der Waals surface area contributed by atoms with Gasteiger partial charge in [0.2, 0.25) is 5.91 Å². The number of likely N-dealkylation sites (N-methyl/N-ethyl adjacent to an activating group) is 1. The van der Waals surface area contributed by atoms with Gasteiger partial charge in [0, 0.05) is 42.9 Å². The van der Waals surface area contributed by atoms with Crippen LogP contribution in [0.5, 0.6) is 0 Å². The summed E-state index contributed by atoms with van der Waals surface area (Å²) in [5, 5.41) is 2.69. The molecule has 0 radical (unpaired) electrons. The third-order valence-electron chi connectivity index (χ3n) is 3.38. The molecule has 1 aromatic heterocycles. The molecule has 1 aliphatic rings. The number of aryl methyl sites for hydroxylation is 1. The Kier molecular flexibility index (Phi) is 5.03. The van der Waals surface area contributed by atoms with Crippen LogP contribution in [0.2, 0.25) is 5.02 Å². The maximum atomic E-state index is 12.1. The third-order valence-corrected chi connectivity index (χ3v) is 4.72. The summed E-state index contributed by atoms with van der Waals surface area (Å²) in [6.07, 6.45) is 1.41. The van der Waals surface area contributed by atoms with E-state index in [0.717, 1.165) is 44.2 Å². The highest BCUT2D eigenvalue weighted by atomic mass is 35.5. The van der Waals surface area contributed by atoms with E-state index in [-0.39, 0.29) is 5.91 Å². The maximum Gasteiger partial charge on any atom is 0.223 e. The number of nitrogens with zero attached hydrogens (tertiary/aromatic N) is 2. The molecular formula is C13H19ClN2OS. The number of hydrogen-bond donors (Lipinski definition) is 0. The van der Waals surface area contributed by atoms with Crippen LogP contribution < -0.4 is 0 Å². The van der Waals surface area contributed by atoms with E-state index in [1.807, 2.05) is 16.3 Å². The Morgan fingerprint density at radius 1 is 1.39 bits per heavy atom. The number of thiophene rings is 1. The molecule has 0 N–H and O–H groups in total. The highest BCUT2D eigenvalue weighted by molar-refractivity contribution is 7.10. The zero-order valence-corrected chi connectivity index (χ0v) is 12.3. The van der Waals surface area contributed by atoms with Gasteiger partial charge in [-0.2, -0.15) is 0 Å². The van der Waals surface area contributed by atoms with Gasteiger partial charge in [-0.3, -0.25) is 4.79 Å². The molecule has 1 aromatic rings. The summed E-state index contributed by atoms with van der Waals surface area (Å²) in [5.41, 5.74) is 0. The molecule has 0 bridgehead atoms. The van der Waals surface area contributed by atoms with Gasteiger partial charge in [-0.1, -0.05) is 18.5 Å². The van der Waals surface area contributed by atoms with E-state index in [1.165, 1.54) is 4.88 Å². The molecule has 18 heavy (non-hydrogen) atoms. The quantitative estimate of drug-likeness (QED) is 0.849. The number of carbonyl (C=O) groups is 1.